The Morgan fingerprint density at radius 3 is 2.13 bits per heavy atom. The molecule has 0 aliphatic heterocycles. The van der Waals surface area contributed by atoms with Crippen LogP contribution in [0.4, 0.5) is 5.69 Å². The van der Waals surface area contributed by atoms with Gasteiger partial charge in [-0.2, -0.15) is 0 Å². The molecule has 2 aromatic rings. The zero-order chi connectivity index (χ0) is 16.9. The second-order valence-electron chi connectivity index (χ2n) is 7.01. The number of carbonyl (C=O) groups excluding carboxylic acids is 1. The molecule has 2 rings (SSSR count). The average Bonchev–Trinajstić information content (AvgIpc) is 2.47. The van der Waals surface area contributed by atoms with Crippen molar-refractivity contribution in [2.24, 2.45) is 0 Å². The Balaban J connectivity index is 1.87. The molecular weight excluding hydrogens is 284 g/mol. The van der Waals surface area contributed by atoms with E-state index in [1.165, 1.54) is 11.3 Å². The lowest BCUT2D eigenvalue weighted by molar-refractivity contribution is -0.121. The second kappa shape index (κ2) is 7.42. The summed E-state index contributed by atoms with van der Waals surface area (Å²) in [7, 11) is 6.40. The van der Waals surface area contributed by atoms with E-state index in [0.717, 1.165) is 16.5 Å². The summed E-state index contributed by atoms with van der Waals surface area (Å²) in [4.78, 5) is 12.2. The lowest BCUT2D eigenvalue weighted by Crippen LogP contribution is -2.35. The fourth-order valence-electron chi connectivity index (χ4n) is 2.59. The van der Waals surface area contributed by atoms with Crippen LogP contribution in [0, 0.1) is 0 Å². The maximum Gasteiger partial charge on any atom is 0.224 e. The van der Waals surface area contributed by atoms with Crippen LogP contribution in [0.5, 0.6) is 0 Å². The molecule has 3 heteroatoms. The van der Waals surface area contributed by atoms with E-state index in [1.807, 2.05) is 37.3 Å². The van der Waals surface area contributed by atoms with E-state index in [4.69, 9.17) is 0 Å². The third kappa shape index (κ3) is 5.53. The summed E-state index contributed by atoms with van der Waals surface area (Å²) in [6.45, 7) is 2.05. The molecule has 0 radical (unpaired) electrons. The molecule has 0 saturated carbocycles. The Hall–Kier alpha value is -2.13. The summed E-state index contributed by atoms with van der Waals surface area (Å²) in [6, 6.07) is 18.6. The normalized spacial score (nSPS) is 12.7. The minimum atomic E-state index is 0.0754. The van der Waals surface area contributed by atoms with Gasteiger partial charge >= 0.3 is 0 Å². The Bertz CT molecular complexity index is 627. The lowest BCUT2D eigenvalue weighted by Gasteiger charge is -2.23. The first-order valence-electron chi connectivity index (χ1n) is 8.09. The highest BCUT2D eigenvalue weighted by atomic mass is 16.1. The monoisotopic (exact) mass is 311 g/mol. The van der Waals surface area contributed by atoms with Crippen molar-refractivity contribution in [3.63, 3.8) is 0 Å². The molecule has 0 aliphatic carbocycles. The molecule has 0 spiro atoms. The highest BCUT2D eigenvalue weighted by Crippen LogP contribution is 2.17. The fourth-order valence-corrected chi connectivity index (χ4v) is 2.59. The van der Waals surface area contributed by atoms with Gasteiger partial charge in [0.05, 0.1) is 27.6 Å². The van der Waals surface area contributed by atoms with Crippen molar-refractivity contribution in [2.45, 2.75) is 25.8 Å². The minimum absolute atomic E-state index is 0.0754. The molecule has 2 aromatic carbocycles. The van der Waals surface area contributed by atoms with Gasteiger partial charge in [0.25, 0.3) is 0 Å². The standard InChI is InChI=1S/C20H26N2O/c1-16(14-17-8-6-5-7-9-17)21-20(23)15-18-10-12-19(13-11-18)22(2,3)4/h5-13,16H,14-15H2,1-4H3/p+1/t16-/m0/s1. The van der Waals surface area contributed by atoms with E-state index < -0.39 is 0 Å². The molecule has 0 aliphatic rings. The summed E-state index contributed by atoms with van der Waals surface area (Å²) in [6.07, 6.45) is 1.28. The van der Waals surface area contributed by atoms with Gasteiger partial charge in [0.1, 0.15) is 5.69 Å². The maximum absolute atomic E-state index is 12.2. The number of nitrogens with zero attached hydrogens (tertiary/aromatic N) is 1. The molecule has 1 atom stereocenters. The predicted octanol–water partition coefficient (Wildman–Crippen LogP) is 3.17. The molecule has 0 aromatic heterocycles. The molecule has 1 N–H and O–H groups in total. The van der Waals surface area contributed by atoms with Crippen LogP contribution >= 0.6 is 0 Å². The molecule has 0 heterocycles. The number of rotatable bonds is 6. The molecule has 0 saturated heterocycles. The fraction of sp³-hybridized carbons (Fsp3) is 0.350. The molecular formula is C20H27N2O+. The third-order valence-electron chi connectivity index (χ3n) is 3.87. The number of carbonyl (C=O) groups is 1. The van der Waals surface area contributed by atoms with Gasteiger partial charge in [-0.15, -0.1) is 0 Å². The van der Waals surface area contributed by atoms with E-state index in [-0.39, 0.29) is 11.9 Å². The Kier molecular flexibility index (Phi) is 5.56. The quantitative estimate of drug-likeness (QED) is 0.816. The number of hydrogen-bond acceptors (Lipinski definition) is 1. The van der Waals surface area contributed by atoms with Crippen LogP contribution in [0.25, 0.3) is 0 Å². The van der Waals surface area contributed by atoms with Crippen molar-refractivity contribution in [1.29, 1.82) is 0 Å². The van der Waals surface area contributed by atoms with Crippen molar-refractivity contribution in [1.82, 2.24) is 9.80 Å². The maximum atomic E-state index is 12.2. The van der Waals surface area contributed by atoms with Crippen molar-refractivity contribution >= 4 is 11.6 Å². The smallest absolute Gasteiger partial charge is 0.224 e. The average molecular weight is 311 g/mol. The van der Waals surface area contributed by atoms with Gasteiger partial charge in [-0.05, 0) is 36.6 Å². The first kappa shape index (κ1) is 17.2. The van der Waals surface area contributed by atoms with Crippen molar-refractivity contribution in [3.8, 4) is 0 Å². The van der Waals surface area contributed by atoms with Crippen LogP contribution in [0.1, 0.15) is 18.1 Å². The lowest BCUT2D eigenvalue weighted by atomic mass is 10.1. The van der Waals surface area contributed by atoms with E-state index >= 15 is 0 Å². The number of benzene rings is 2. The Labute approximate surface area is 139 Å². The van der Waals surface area contributed by atoms with E-state index in [0.29, 0.717) is 6.42 Å². The molecule has 0 fully saturated rings. The van der Waals surface area contributed by atoms with Crippen LogP contribution < -0.4 is 9.80 Å². The number of quaternary nitrogens is 1. The Morgan fingerprint density at radius 2 is 1.57 bits per heavy atom. The van der Waals surface area contributed by atoms with E-state index in [1.54, 1.807) is 0 Å². The highest BCUT2D eigenvalue weighted by molar-refractivity contribution is 5.79. The van der Waals surface area contributed by atoms with Gasteiger partial charge in [0.15, 0.2) is 0 Å². The van der Waals surface area contributed by atoms with Gasteiger partial charge in [-0.25, -0.2) is 0 Å². The van der Waals surface area contributed by atoms with Gasteiger partial charge in [-0.3, -0.25) is 9.28 Å². The number of hydrogen-bond donors (Lipinski definition) is 1. The zero-order valence-electron chi connectivity index (χ0n) is 14.5. The molecule has 0 bridgehead atoms. The van der Waals surface area contributed by atoms with Crippen LogP contribution in [0.15, 0.2) is 54.6 Å². The van der Waals surface area contributed by atoms with Crippen LogP contribution in [0.3, 0.4) is 0 Å². The zero-order valence-corrected chi connectivity index (χ0v) is 14.5. The number of nitrogens with one attached hydrogen (secondary N) is 1. The third-order valence-corrected chi connectivity index (χ3v) is 3.87. The first-order chi connectivity index (χ1) is 10.8. The van der Waals surface area contributed by atoms with Crippen molar-refractivity contribution in [2.75, 3.05) is 21.1 Å². The molecule has 1 amide bonds. The van der Waals surface area contributed by atoms with E-state index in [2.05, 4.69) is 50.7 Å². The topological polar surface area (TPSA) is 29.1 Å². The molecule has 23 heavy (non-hydrogen) atoms. The molecule has 3 nitrogen and oxygen atoms in total. The largest absolute Gasteiger partial charge is 0.353 e. The SMILES string of the molecule is C[C@@H](Cc1ccccc1)NC(=O)Cc1ccc([N+](C)(C)C)cc1. The van der Waals surface area contributed by atoms with Crippen molar-refractivity contribution < 1.29 is 4.79 Å². The van der Waals surface area contributed by atoms with Crippen LogP contribution in [0.2, 0.25) is 0 Å². The first-order valence-corrected chi connectivity index (χ1v) is 8.09. The number of amides is 1. The van der Waals surface area contributed by atoms with Crippen LogP contribution in [-0.2, 0) is 17.6 Å². The second-order valence-corrected chi connectivity index (χ2v) is 7.01. The highest BCUT2D eigenvalue weighted by Gasteiger charge is 2.13. The summed E-state index contributed by atoms with van der Waals surface area (Å²) in [5, 5.41) is 3.08. The van der Waals surface area contributed by atoms with E-state index in [9.17, 15) is 4.79 Å². The summed E-state index contributed by atoms with van der Waals surface area (Å²) in [5.74, 6) is 0.0754. The van der Waals surface area contributed by atoms with Crippen LogP contribution in [-0.4, -0.2) is 33.1 Å². The summed E-state index contributed by atoms with van der Waals surface area (Å²) < 4.78 is 0.778. The van der Waals surface area contributed by atoms with Crippen molar-refractivity contribution in [3.05, 3.63) is 65.7 Å². The summed E-state index contributed by atoms with van der Waals surface area (Å²) in [5.41, 5.74) is 3.52. The minimum Gasteiger partial charge on any atom is -0.353 e. The van der Waals surface area contributed by atoms with Gasteiger partial charge in [-0.1, -0.05) is 42.5 Å². The van der Waals surface area contributed by atoms with Gasteiger partial charge < -0.3 is 5.32 Å². The van der Waals surface area contributed by atoms with Gasteiger partial charge in [0, 0.05) is 6.04 Å². The molecule has 122 valence electrons. The summed E-state index contributed by atoms with van der Waals surface area (Å²) >= 11 is 0. The van der Waals surface area contributed by atoms with Gasteiger partial charge in [0.2, 0.25) is 5.91 Å². The predicted molar refractivity (Wildman–Crippen MR) is 97.5 cm³/mol. The molecule has 0 unspecified atom stereocenters. The Morgan fingerprint density at radius 1 is 0.957 bits per heavy atom.